The van der Waals surface area contributed by atoms with Gasteiger partial charge < -0.3 is 25.2 Å². The van der Waals surface area contributed by atoms with Crippen LogP contribution < -0.4 is 20.1 Å². The molecule has 8 nitrogen and oxygen atoms in total. The van der Waals surface area contributed by atoms with Crippen LogP contribution in [0.4, 0.5) is 5.69 Å². The molecule has 0 heterocycles. The summed E-state index contributed by atoms with van der Waals surface area (Å²) in [5.74, 6) is -1.00. The van der Waals surface area contributed by atoms with Gasteiger partial charge in [0.15, 0.2) is 11.5 Å². The Morgan fingerprint density at radius 2 is 1.78 bits per heavy atom. The standard InChI is InChI=1S/C19H26N2O6/c1-26-15-10-13(19(24)25)9-14(18(15)27-2)21-17(23)11-20-16(22)8-12-6-4-3-5-7-12/h9-10,12H,3-8,11H2,1-2H3,(H,20,22)(H,21,23)(H,24,25). The fourth-order valence-corrected chi connectivity index (χ4v) is 3.28. The third kappa shape index (κ3) is 5.87. The van der Waals surface area contributed by atoms with E-state index in [0.717, 1.165) is 25.7 Å². The van der Waals surface area contributed by atoms with Crippen LogP contribution in [0.5, 0.6) is 11.5 Å². The van der Waals surface area contributed by atoms with Crippen molar-refractivity contribution in [3.8, 4) is 11.5 Å². The van der Waals surface area contributed by atoms with Crippen LogP contribution >= 0.6 is 0 Å². The number of nitrogens with one attached hydrogen (secondary N) is 2. The molecule has 0 aromatic heterocycles. The predicted molar refractivity (Wildman–Crippen MR) is 99.3 cm³/mol. The zero-order valence-corrected chi connectivity index (χ0v) is 15.7. The Morgan fingerprint density at radius 1 is 1.07 bits per heavy atom. The molecule has 1 saturated carbocycles. The van der Waals surface area contributed by atoms with E-state index >= 15 is 0 Å². The fraction of sp³-hybridized carbons (Fsp3) is 0.526. The molecule has 0 aliphatic heterocycles. The summed E-state index contributed by atoms with van der Waals surface area (Å²) in [6.07, 6.45) is 6.07. The lowest BCUT2D eigenvalue weighted by atomic mass is 9.87. The minimum absolute atomic E-state index is 0.0516. The maximum Gasteiger partial charge on any atom is 0.335 e. The smallest absolute Gasteiger partial charge is 0.335 e. The lowest BCUT2D eigenvalue weighted by Crippen LogP contribution is -2.34. The van der Waals surface area contributed by atoms with Crippen LogP contribution in [-0.2, 0) is 9.59 Å². The first-order valence-electron chi connectivity index (χ1n) is 9.00. The highest BCUT2D eigenvalue weighted by Gasteiger charge is 2.19. The quantitative estimate of drug-likeness (QED) is 0.640. The van der Waals surface area contributed by atoms with Crippen molar-refractivity contribution in [3.05, 3.63) is 17.7 Å². The van der Waals surface area contributed by atoms with Crippen LogP contribution in [0.1, 0.15) is 48.9 Å². The molecule has 1 aliphatic rings. The van der Waals surface area contributed by atoms with Crippen molar-refractivity contribution < 1.29 is 29.0 Å². The van der Waals surface area contributed by atoms with Crippen LogP contribution in [0, 0.1) is 5.92 Å². The predicted octanol–water partition coefficient (Wildman–Crippen LogP) is 2.43. The number of aromatic carboxylic acids is 1. The Hall–Kier alpha value is -2.77. The van der Waals surface area contributed by atoms with Crippen molar-refractivity contribution in [2.75, 3.05) is 26.1 Å². The molecule has 1 aromatic carbocycles. The average Bonchev–Trinajstić information content (AvgIpc) is 2.66. The third-order valence-electron chi connectivity index (χ3n) is 4.64. The second-order valence-corrected chi connectivity index (χ2v) is 6.60. The van der Waals surface area contributed by atoms with Gasteiger partial charge in [-0.15, -0.1) is 0 Å². The summed E-state index contributed by atoms with van der Waals surface area (Å²) in [5, 5.41) is 14.4. The van der Waals surface area contributed by atoms with Crippen LogP contribution in [0.25, 0.3) is 0 Å². The number of anilines is 1. The van der Waals surface area contributed by atoms with Gasteiger partial charge in [0, 0.05) is 6.42 Å². The Balaban J connectivity index is 1.96. The van der Waals surface area contributed by atoms with Gasteiger partial charge in [-0.2, -0.15) is 0 Å². The number of ether oxygens (including phenoxy) is 2. The minimum Gasteiger partial charge on any atom is -0.493 e. The molecule has 0 radical (unpaired) electrons. The molecular formula is C19H26N2O6. The third-order valence-corrected chi connectivity index (χ3v) is 4.64. The van der Waals surface area contributed by atoms with E-state index < -0.39 is 11.9 Å². The van der Waals surface area contributed by atoms with E-state index in [-0.39, 0.29) is 35.2 Å². The Morgan fingerprint density at radius 3 is 2.37 bits per heavy atom. The van der Waals surface area contributed by atoms with E-state index in [0.29, 0.717) is 12.3 Å². The van der Waals surface area contributed by atoms with E-state index in [1.54, 1.807) is 0 Å². The number of rotatable bonds is 8. The Labute approximate surface area is 158 Å². The highest BCUT2D eigenvalue weighted by atomic mass is 16.5. The van der Waals surface area contributed by atoms with E-state index in [9.17, 15) is 19.5 Å². The van der Waals surface area contributed by atoms with Crippen molar-refractivity contribution in [3.63, 3.8) is 0 Å². The first-order valence-corrected chi connectivity index (χ1v) is 9.00. The van der Waals surface area contributed by atoms with E-state index in [2.05, 4.69) is 10.6 Å². The van der Waals surface area contributed by atoms with Crippen LogP contribution in [-0.4, -0.2) is 43.7 Å². The maximum atomic E-state index is 12.2. The minimum atomic E-state index is -1.16. The molecule has 3 N–H and O–H groups in total. The number of carbonyl (C=O) groups excluding carboxylic acids is 2. The molecule has 0 bridgehead atoms. The SMILES string of the molecule is COc1cc(C(=O)O)cc(NC(=O)CNC(=O)CC2CCCCC2)c1OC. The highest BCUT2D eigenvalue weighted by molar-refractivity contribution is 5.98. The lowest BCUT2D eigenvalue weighted by Gasteiger charge is -2.20. The summed E-state index contributed by atoms with van der Waals surface area (Å²) in [4.78, 5) is 35.5. The molecule has 27 heavy (non-hydrogen) atoms. The lowest BCUT2D eigenvalue weighted by molar-refractivity contribution is -0.125. The molecule has 1 fully saturated rings. The first kappa shape index (κ1) is 20.5. The second-order valence-electron chi connectivity index (χ2n) is 6.60. The first-order chi connectivity index (χ1) is 12.9. The number of carboxylic acid groups (broad SMARTS) is 1. The summed E-state index contributed by atoms with van der Waals surface area (Å²) >= 11 is 0. The van der Waals surface area contributed by atoms with Crippen molar-refractivity contribution in [1.29, 1.82) is 0 Å². The molecule has 0 atom stereocenters. The fourth-order valence-electron chi connectivity index (χ4n) is 3.28. The van der Waals surface area contributed by atoms with Gasteiger partial charge in [-0.05, 0) is 30.9 Å². The molecule has 0 saturated heterocycles. The topological polar surface area (TPSA) is 114 Å². The van der Waals surface area contributed by atoms with Gasteiger partial charge in [-0.1, -0.05) is 19.3 Å². The summed E-state index contributed by atoms with van der Waals surface area (Å²) in [6.45, 7) is -0.200. The number of benzene rings is 1. The van der Waals surface area contributed by atoms with E-state index in [1.165, 1.54) is 32.8 Å². The summed E-state index contributed by atoms with van der Waals surface area (Å²) < 4.78 is 10.3. The van der Waals surface area contributed by atoms with Crippen molar-refractivity contribution >= 4 is 23.5 Å². The number of carboxylic acids is 1. The molecule has 0 spiro atoms. The molecular weight excluding hydrogens is 352 g/mol. The average molecular weight is 378 g/mol. The van der Waals surface area contributed by atoms with Gasteiger partial charge in [0.1, 0.15) is 0 Å². The molecule has 1 aromatic rings. The Kier molecular flexibility index (Phi) is 7.45. The number of hydrogen-bond donors (Lipinski definition) is 3. The summed E-state index contributed by atoms with van der Waals surface area (Å²) in [6, 6.07) is 2.59. The second kappa shape index (κ2) is 9.80. The van der Waals surface area contributed by atoms with E-state index in [4.69, 9.17) is 9.47 Å². The normalized spacial score (nSPS) is 14.3. The monoisotopic (exact) mass is 378 g/mol. The molecule has 1 aliphatic carbocycles. The number of hydrogen-bond acceptors (Lipinski definition) is 5. The van der Waals surface area contributed by atoms with Crippen molar-refractivity contribution in [1.82, 2.24) is 5.32 Å². The van der Waals surface area contributed by atoms with Gasteiger partial charge in [0.25, 0.3) is 0 Å². The van der Waals surface area contributed by atoms with Crippen molar-refractivity contribution in [2.24, 2.45) is 5.92 Å². The van der Waals surface area contributed by atoms with Gasteiger partial charge in [0.2, 0.25) is 11.8 Å². The van der Waals surface area contributed by atoms with Crippen LogP contribution in [0.15, 0.2) is 12.1 Å². The number of amides is 2. The summed E-state index contributed by atoms with van der Waals surface area (Å²) in [5.41, 5.74) is 0.116. The highest BCUT2D eigenvalue weighted by Crippen LogP contribution is 2.36. The number of methoxy groups -OCH3 is 2. The summed E-state index contributed by atoms with van der Waals surface area (Å²) in [7, 11) is 2.76. The maximum absolute atomic E-state index is 12.2. The number of carbonyl (C=O) groups is 3. The van der Waals surface area contributed by atoms with Crippen LogP contribution in [0.3, 0.4) is 0 Å². The van der Waals surface area contributed by atoms with Crippen molar-refractivity contribution in [2.45, 2.75) is 38.5 Å². The van der Waals surface area contributed by atoms with Gasteiger partial charge in [-0.3, -0.25) is 9.59 Å². The zero-order valence-electron chi connectivity index (χ0n) is 15.7. The zero-order chi connectivity index (χ0) is 19.8. The van der Waals surface area contributed by atoms with Gasteiger partial charge in [0.05, 0.1) is 32.0 Å². The largest absolute Gasteiger partial charge is 0.493 e. The van der Waals surface area contributed by atoms with Gasteiger partial charge in [-0.25, -0.2) is 4.79 Å². The molecule has 0 unspecified atom stereocenters. The molecule has 8 heteroatoms. The van der Waals surface area contributed by atoms with E-state index in [1.807, 2.05) is 0 Å². The molecule has 2 rings (SSSR count). The Bertz CT molecular complexity index is 698. The molecule has 148 valence electrons. The van der Waals surface area contributed by atoms with Crippen LogP contribution in [0.2, 0.25) is 0 Å². The molecule has 2 amide bonds. The van der Waals surface area contributed by atoms with Gasteiger partial charge >= 0.3 is 5.97 Å².